The number of anilines is 1. The van der Waals surface area contributed by atoms with Gasteiger partial charge >= 0.3 is 11.9 Å². The van der Waals surface area contributed by atoms with Gasteiger partial charge in [0.25, 0.3) is 0 Å². The number of carbonyl (C=O) groups excluding carboxylic acids is 2. The SMILES string of the molecule is CCOC(=O)c1cc(-c2ccc(C(=O)O)cc2)oc1N(C(=O)[C@H]1CC[C@H](C)CC1)C(C)C. The first-order chi connectivity index (χ1) is 15.2. The number of aromatic carboxylic acids is 1. The van der Waals surface area contributed by atoms with Crippen LogP contribution in [0.5, 0.6) is 0 Å². The predicted molar refractivity (Wildman–Crippen MR) is 121 cm³/mol. The van der Waals surface area contributed by atoms with Crippen LogP contribution in [0.4, 0.5) is 5.88 Å². The molecule has 1 aliphatic carbocycles. The van der Waals surface area contributed by atoms with E-state index in [1.807, 2.05) is 13.8 Å². The molecule has 3 rings (SSSR count). The minimum atomic E-state index is -1.03. The molecule has 1 saturated carbocycles. The normalized spacial score (nSPS) is 18.4. The van der Waals surface area contributed by atoms with Crippen molar-refractivity contribution in [2.75, 3.05) is 11.5 Å². The summed E-state index contributed by atoms with van der Waals surface area (Å²) in [5.41, 5.74) is 0.946. The number of furan rings is 1. The van der Waals surface area contributed by atoms with Gasteiger partial charge in [0.15, 0.2) is 0 Å². The van der Waals surface area contributed by atoms with Gasteiger partial charge in [0.05, 0.1) is 12.2 Å². The summed E-state index contributed by atoms with van der Waals surface area (Å²) in [7, 11) is 0. The second kappa shape index (κ2) is 10.0. The first kappa shape index (κ1) is 23.6. The molecule has 0 unspecified atom stereocenters. The number of carbonyl (C=O) groups is 3. The largest absolute Gasteiger partial charge is 0.478 e. The van der Waals surface area contributed by atoms with E-state index in [0.717, 1.165) is 25.7 Å². The summed E-state index contributed by atoms with van der Waals surface area (Å²) in [6.07, 6.45) is 3.66. The Morgan fingerprint density at radius 3 is 2.28 bits per heavy atom. The Balaban J connectivity index is 2.02. The van der Waals surface area contributed by atoms with Crippen molar-refractivity contribution in [3.05, 3.63) is 41.5 Å². The number of benzene rings is 1. The molecule has 1 aromatic carbocycles. The lowest BCUT2D eigenvalue weighted by molar-refractivity contribution is -0.124. The van der Waals surface area contributed by atoms with Gasteiger partial charge in [0.1, 0.15) is 11.3 Å². The smallest absolute Gasteiger partial charge is 0.343 e. The van der Waals surface area contributed by atoms with Crippen molar-refractivity contribution in [2.45, 2.75) is 59.4 Å². The van der Waals surface area contributed by atoms with E-state index in [9.17, 15) is 14.4 Å². The Morgan fingerprint density at radius 1 is 1.12 bits per heavy atom. The van der Waals surface area contributed by atoms with Crippen molar-refractivity contribution < 1.29 is 28.6 Å². The van der Waals surface area contributed by atoms with Crippen LogP contribution in [0.15, 0.2) is 34.7 Å². The third-order valence-electron chi connectivity index (χ3n) is 5.96. The van der Waals surface area contributed by atoms with E-state index in [1.54, 1.807) is 30.0 Å². The molecule has 1 aliphatic rings. The van der Waals surface area contributed by atoms with Gasteiger partial charge in [0.2, 0.25) is 11.8 Å². The van der Waals surface area contributed by atoms with Gasteiger partial charge in [-0.2, -0.15) is 0 Å². The van der Waals surface area contributed by atoms with Crippen LogP contribution >= 0.6 is 0 Å². The molecule has 0 bridgehead atoms. The van der Waals surface area contributed by atoms with Gasteiger partial charge in [0, 0.05) is 23.6 Å². The molecule has 0 radical (unpaired) electrons. The van der Waals surface area contributed by atoms with Crippen molar-refractivity contribution in [2.24, 2.45) is 11.8 Å². The number of esters is 1. The average Bonchev–Trinajstić information content (AvgIpc) is 3.19. The van der Waals surface area contributed by atoms with E-state index < -0.39 is 11.9 Å². The molecule has 172 valence electrons. The molecule has 7 heteroatoms. The van der Waals surface area contributed by atoms with Crippen LogP contribution in [0.3, 0.4) is 0 Å². The monoisotopic (exact) mass is 441 g/mol. The lowest BCUT2D eigenvalue weighted by Crippen LogP contribution is -2.42. The van der Waals surface area contributed by atoms with E-state index in [2.05, 4.69) is 6.92 Å². The molecule has 7 nitrogen and oxygen atoms in total. The molecule has 1 N–H and O–H groups in total. The fourth-order valence-corrected chi connectivity index (χ4v) is 4.13. The maximum atomic E-state index is 13.5. The number of carboxylic acid groups (broad SMARTS) is 1. The zero-order chi connectivity index (χ0) is 23.4. The maximum absolute atomic E-state index is 13.5. The van der Waals surface area contributed by atoms with E-state index in [4.69, 9.17) is 14.3 Å². The molecule has 2 aromatic rings. The van der Waals surface area contributed by atoms with Crippen LogP contribution < -0.4 is 4.90 Å². The van der Waals surface area contributed by atoms with Crippen LogP contribution in [0, 0.1) is 11.8 Å². The molecule has 32 heavy (non-hydrogen) atoms. The minimum absolute atomic E-state index is 0.0421. The van der Waals surface area contributed by atoms with E-state index >= 15 is 0 Å². The Kier molecular flexibility index (Phi) is 7.38. The summed E-state index contributed by atoms with van der Waals surface area (Å²) in [6, 6.07) is 7.52. The van der Waals surface area contributed by atoms with Crippen molar-refractivity contribution in [3.8, 4) is 11.3 Å². The molecular formula is C25H31NO6. The van der Waals surface area contributed by atoms with Crippen LogP contribution in [-0.2, 0) is 9.53 Å². The summed E-state index contributed by atoms with van der Waals surface area (Å²) >= 11 is 0. The third-order valence-corrected chi connectivity index (χ3v) is 5.96. The second-order valence-corrected chi connectivity index (χ2v) is 8.69. The van der Waals surface area contributed by atoms with Crippen LogP contribution in [0.1, 0.15) is 74.1 Å². The predicted octanol–water partition coefficient (Wildman–Crippen LogP) is 5.39. The van der Waals surface area contributed by atoms with Crippen LogP contribution in [0.25, 0.3) is 11.3 Å². The number of ether oxygens (including phenoxy) is 1. The maximum Gasteiger partial charge on any atom is 0.343 e. The highest BCUT2D eigenvalue weighted by atomic mass is 16.5. The van der Waals surface area contributed by atoms with E-state index in [1.165, 1.54) is 12.1 Å². The number of hydrogen-bond donors (Lipinski definition) is 1. The minimum Gasteiger partial charge on any atom is -0.478 e. The quantitative estimate of drug-likeness (QED) is 0.579. The zero-order valence-electron chi connectivity index (χ0n) is 19.1. The van der Waals surface area contributed by atoms with Crippen LogP contribution in [-0.4, -0.2) is 35.6 Å². The van der Waals surface area contributed by atoms with Gasteiger partial charge in [-0.25, -0.2) is 9.59 Å². The Morgan fingerprint density at radius 2 is 1.75 bits per heavy atom. The van der Waals surface area contributed by atoms with Gasteiger partial charge in [-0.3, -0.25) is 9.69 Å². The average molecular weight is 442 g/mol. The fourth-order valence-electron chi connectivity index (χ4n) is 4.13. The van der Waals surface area contributed by atoms with Crippen molar-refractivity contribution >= 4 is 23.7 Å². The Labute approximate surface area is 188 Å². The number of amides is 1. The molecule has 1 amide bonds. The van der Waals surface area contributed by atoms with Gasteiger partial charge in [-0.15, -0.1) is 0 Å². The van der Waals surface area contributed by atoms with Gasteiger partial charge < -0.3 is 14.3 Å². The highest BCUT2D eigenvalue weighted by Crippen LogP contribution is 2.37. The van der Waals surface area contributed by atoms with E-state index in [0.29, 0.717) is 17.2 Å². The third kappa shape index (κ3) is 5.03. The standard InChI is InChI=1S/C25H31NO6/c1-5-31-25(30)20-14-21(17-10-12-19(13-11-17)24(28)29)32-23(20)26(15(2)3)22(27)18-8-6-16(4)7-9-18/h10-16,18H,5-9H2,1-4H3,(H,28,29)/t16-,18-. The molecule has 1 aromatic heterocycles. The number of nitrogens with zero attached hydrogens (tertiary/aromatic N) is 1. The lowest BCUT2D eigenvalue weighted by Gasteiger charge is -2.32. The molecule has 0 spiro atoms. The Hall–Kier alpha value is -3.09. The summed E-state index contributed by atoms with van der Waals surface area (Å²) in [4.78, 5) is 38.9. The number of rotatable bonds is 7. The molecule has 1 heterocycles. The van der Waals surface area contributed by atoms with Gasteiger partial charge in [-0.1, -0.05) is 19.1 Å². The second-order valence-electron chi connectivity index (χ2n) is 8.69. The fraction of sp³-hybridized carbons (Fsp3) is 0.480. The summed E-state index contributed by atoms with van der Waals surface area (Å²) in [5.74, 6) is -0.565. The van der Waals surface area contributed by atoms with Crippen molar-refractivity contribution in [3.63, 3.8) is 0 Å². The highest BCUT2D eigenvalue weighted by Gasteiger charge is 2.35. The van der Waals surface area contributed by atoms with Gasteiger partial charge in [-0.05, 0) is 64.5 Å². The zero-order valence-corrected chi connectivity index (χ0v) is 19.1. The lowest BCUT2D eigenvalue weighted by atomic mass is 9.82. The molecule has 0 aliphatic heterocycles. The summed E-state index contributed by atoms with van der Waals surface area (Å²) < 4.78 is 11.3. The van der Waals surface area contributed by atoms with Crippen molar-refractivity contribution in [1.82, 2.24) is 0 Å². The first-order valence-corrected chi connectivity index (χ1v) is 11.2. The van der Waals surface area contributed by atoms with Crippen molar-refractivity contribution in [1.29, 1.82) is 0 Å². The number of hydrogen-bond acceptors (Lipinski definition) is 5. The molecule has 0 atom stereocenters. The molecular weight excluding hydrogens is 410 g/mol. The number of carboxylic acids is 1. The highest BCUT2D eigenvalue weighted by molar-refractivity contribution is 6.03. The first-order valence-electron chi connectivity index (χ1n) is 11.2. The van der Waals surface area contributed by atoms with Crippen LogP contribution in [0.2, 0.25) is 0 Å². The Bertz CT molecular complexity index is 967. The molecule has 0 saturated heterocycles. The van der Waals surface area contributed by atoms with E-state index in [-0.39, 0.29) is 41.5 Å². The topological polar surface area (TPSA) is 97.1 Å². The molecule has 1 fully saturated rings. The summed E-state index contributed by atoms with van der Waals surface area (Å²) in [6.45, 7) is 7.90. The summed E-state index contributed by atoms with van der Waals surface area (Å²) in [5, 5.41) is 9.13.